The van der Waals surface area contributed by atoms with Crippen molar-refractivity contribution in [1.82, 2.24) is 14.5 Å². The van der Waals surface area contributed by atoms with Gasteiger partial charge >= 0.3 is 0 Å². The average molecular weight is 466 g/mol. The SMILES string of the molecule is CCN(Cc1ccc([N+](=O)[O-])cc1)C(c1ccc(C#N)c(-c2ccccc2C)c1)c1cncn1C. The summed E-state index contributed by atoms with van der Waals surface area (Å²) in [6.45, 7) is 5.49. The lowest BCUT2D eigenvalue weighted by Crippen LogP contribution is -2.30. The second-order valence-corrected chi connectivity index (χ2v) is 8.55. The van der Waals surface area contributed by atoms with E-state index in [-0.39, 0.29) is 16.7 Å². The average Bonchev–Trinajstić information content (AvgIpc) is 3.29. The summed E-state index contributed by atoms with van der Waals surface area (Å²) in [5.74, 6) is 0. The monoisotopic (exact) mass is 465 g/mol. The highest BCUT2D eigenvalue weighted by Gasteiger charge is 2.25. The Morgan fingerprint density at radius 3 is 2.46 bits per heavy atom. The highest BCUT2D eigenvalue weighted by atomic mass is 16.6. The first-order chi connectivity index (χ1) is 16.9. The third kappa shape index (κ3) is 4.98. The molecular formula is C28H27N5O2. The van der Waals surface area contributed by atoms with Crippen LogP contribution in [0.3, 0.4) is 0 Å². The van der Waals surface area contributed by atoms with Crippen LogP contribution >= 0.6 is 0 Å². The normalized spacial score (nSPS) is 11.9. The molecule has 0 N–H and O–H groups in total. The molecule has 4 aromatic rings. The van der Waals surface area contributed by atoms with E-state index in [0.717, 1.165) is 40.1 Å². The Bertz CT molecular complexity index is 1390. The fraction of sp³-hybridized carbons (Fsp3) is 0.214. The molecule has 0 aliphatic heterocycles. The van der Waals surface area contributed by atoms with Crippen molar-refractivity contribution in [2.75, 3.05) is 6.54 Å². The number of aromatic nitrogens is 2. The largest absolute Gasteiger partial charge is 0.336 e. The van der Waals surface area contributed by atoms with Gasteiger partial charge in [0.05, 0.1) is 40.8 Å². The van der Waals surface area contributed by atoms with Crippen LogP contribution in [0.2, 0.25) is 0 Å². The van der Waals surface area contributed by atoms with E-state index in [1.807, 2.05) is 48.1 Å². The minimum Gasteiger partial charge on any atom is -0.336 e. The molecule has 4 rings (SSSR count). The molecule has 35 heavy (non-hydrogen) atoms. The van der Waals surface area contributed by atoms with Crippen molar-refractivity contribution >= 4 is 5.69 Å². The van der Waals surface area contributed by atoms with Crippen LogP contribution in [0.25, 0.3) is 11.1 Å². The van der Waals surface area contributed by atoms with Crippen LogP contribution < -0.4 is 0 Å². The zero-order chi connectivity index (χ0) is 24.9. The van der Waals surface area contributed by atoms with Gasteiger partial charge in [-0.2, -0.15) is 5.26 Å². The van der Waals surface area contributed by atoms with Crippen molar-refractivity contribution < 1.29 is 4.92 Å². The molecule has 176 valence electrons. The summed E-state index contributed by atoms with van der Waals surface area (Å²) in [6, 6.07) is 23.0. The summed E-state index contributed by atoms with van der Waals surface area (Å²) in [5, 5.41) is 20.9. The Kier molecular flexibility index (Phi) is 7.04. The maximum absolute atomic E-state index is 11.1. The van der Waals surface area contributed by atoms with E-state index in [1.165, 1.54) is 0 Å². The fourth-order valence-electron chi connectivity index (χ4n) is 4.47. The summed E-state index contributed by atoms with van der Waals surface area (Å²) in [6.07, 6.45) is 3.66. The van der Waals surface area contributed by atoms with Gasteiger partial charge in [0.25, 0.3) is 5.69 Å². The van der Waals surface area contributed by atoms with Gasteiger partial charge in [-0.1, -0.05) is 49.4 Å². The zero-order valence-corrected chi connectivity index (χ0v) is 20.0. The summed E-state index contributed by atoms with van der Waals surface area (Å²) < 4.78 is 2.01. The minimum atomic E-state index is -0.385. The van der Waals surface area contributed by atoms with Crippen LogP contribution in [0.1, 0.15) is 40.9 Å². The number of benzene rings is 3. The van der Waals surface area contributed by atoms with E-state index in [0.29, 0.717) is 12.1 Å². The standard InChI is InChI=1S/C28H27N5O2/c1-4-32(18-21-9-13-24(14-10-21)33(34)35)28(27-17-30-19-31(27)3)22-11-12-23(16-29)26(15-22)25-8-6-5-7-20(25)2/h5-15,17,19,28H,4,18H2,1-3H3. The number of nitriles is 1. The Hall–Kier alpha value is -4.28. The maximum Gasteiger partial charge on any atom is 0.269 e. The van der Waals surface area contributed by atoms with Crippen LogP contribution in [0.4, 0.5) is 5.69 Å². The highest BCUT2D eigenvalue weighted by Crippen LogP contribution is 2.35. The molecule has 7 heteroatoms. The molecule has 0 fully saturated rings. The molecule has 7 nitrogen and oxygen atoms in total. The number of imidazole rings is 1. The van der Waals surface area contributed by atoms with Gasteiger partial charge in [-0.05, 0) is 47.9 Å². The number of nitrogens with zero attached hydrogens (tertiary/aromatic N) is 5. The lowest BCUT2D eigenvalue weighted by molar-refractivity contribution is -0.384. The van der Waals surface area contributed by atoms with Gasteiger partial charge in [-0.25, -0.2) is 4.98 Å². The minimum absolute atomic E-state index is 0.0787. The second-order valence-electron chi connectivity index (χ2n) is 8.55. The molecule has 1 unspecified atom stereocenters. The highest BCUT2D eigenvalue weighted by molar-refractivity contribution is 5.74. The van der Waals surface area contributed by atoms with Crippen molar-refractivity contribution in [3.8, 4) is 17.2 Å². The predicted molar refractivity (Wildman–Crippen MR) is 136 cm³/mol. The Labute approximate surface area is 205 Å². The summed E-state index contributed by atoms with van der Waals surface area (Å²) >= 11 is 0. The molecule has 3 aromatic carbocycles. The van der Waals surface area contributed by atoms with Gasteiger partial charge in [0.15, 0.2) is 0 Å². The summed E-state index contributed by atoms with van der Waals surface area (Å²) in [7, 11) is 1.97. The van der Waals surface area contributed by atoms with Crippen LogP contribution in [-0.2, 0) is 13.6 Å². The quantitative estimate of drug-likeness (QED) is 0.243. The number of nitro groups is 1. The smallest absolute Gasteiger partial charge is 0.269 e. The van der Waals surface area contributed by atoms with E-state index < -0.39 is 0 Å². The molecule has 0 saturated carbocycles. The lowest BCUT2D eigenvalue weighted by Gasteiger charge is -2.32. The number of hydrogen-bond acceptors (Lipinski definition) is 5. The first-order valence-electron chi connectivity index (χ1n) is 11.5. The molecular weight excluding hydrogens is 438 g/mol. The molecule has 0 saturated heterocycles. The number of non-ortho nitro benzene ring substituents is 1. The molecule has 0 aliphatic rings. The van der Waals surface area contributed by atoms with Crippen molar-refractivity contribution in [2.45, 2.75) is 26.4 Å². The zero-order valence-electron chi connectivity index (χ0n) is 20.0. The van der Waals surface area contributed by atoms with Crippen LogP contribution in [0.5, 0.6) is 0 Å². The third-order valence-electron chi connectivity index (χ3n) is 6.35. The topological polar surface area (TPSA) is 88.0 Å². The summed E-state index contributed by atoms with van der Waals surface area (Å²) in [5.41, 5.74) is 6.81. The van der Waals surface area contributed by atoms with Gasteiger partial charge in [-0.3, -0.25) is 15.0 Å². The van der Waals surface area contributed by atoms with Crippen molar-refractivity contribution in [3.05, 3.63) is 117 Å². The van der Waals surface area contributed by atoms with Gasteiger partial charge < -0.3 is 4.57 Å². The van der Waals surface area contributed by atoms with Crippen molar-refractivity contribution in [1.29, 1.82) is 5.26 Å². The predicted octanol–water partition coefficient (Wildman–Crippen LogP) is 5.79. The number of rotatable bonds is 8. The van der Waals surface area contributed by atoms with E-state index >= 15 is 0 Å². The molecule has 0 aliphatic carbocycles. The third-order valence-corrected chi connectivity index (χ3v) is 6.35. The van der Waals surface area contributed by atoms with Gasteiger partial charge in [-0.15, -0.1) is 0 Å². The Morgan fingerprint density at radius 2 is 1.86 bits per heavy atom. The van der Waals surface area contributed by atoms with E-state index in [1.54, 1.807) is 30.6 Å². The molecule has 0 spiro atoms. The van der Waals surface area contributed by atoms with E-state index in [4.69, 9.17) is 0 Å². The molecule has 1 heterocycles. The van der Waals surface area contributed by atoms with E-state index in [9.17, 15) is 15.4 Å². The molecule has 1 aromatic heterocycles. The van der Waals surface area contributed by atoms with Crippen LogP contribution in [0, 0.1) is 28.4 Å². The Morgan fingerprint density at radius 1 is 1.11 bits per heavy atom. The van der Waals surface area contributed by atoms with Gasteiger partial charge in [0.1, 0.15) is 0 Å². The maximum atomic E-state index is 11.1. The van der Waals surface area contributed by atoms with Gasteiger partial charge in [0.2, 0.25) is 0 Å². The summed E-state index contributed by atoms with van der Waals surface area (Å²) in [4.78, 5) is 17.3. The Balaban J connectivity index is 1.81. The lowest BCUT2D eigenvalue weighted by atomic mass is 9.91. The molecule has 0 radical (unpaired) electrons. The van der Waals surface area contributed by atoms with Crippen molar-refractivity contribution in [3.63, 3.8) is 0 Å². The second kappa shape index (κ2) is 10.3. The fourth-order valence-corrected chi connectivity index (χ4v) is 4.47. The first kappa shape index (κ1) is 23.9. The van der Waals surface area contributed by atoms with Crippen LogP contribution in [0.15, 0.2) is 79.3 Å². The number of hydrogen-bond donors (Lipinski definition) is 0. The molecule has 1 atom stereocenters. The molecule has 0 amide bonds. The van der Waals surface area contributed by atoms with Crippen LogP contribution in [-0.4, -0.2) is 25.9 Å². The van der Waals surface area contributed by atoms with Gasteiger partial charge in [0, 0.05) is 31.3 Å². The molecule has 0 bridgehead atoms. The first-order valence-corrected chi connectivity index (χ1v) is 11.5. The van der Waals surface area contributed by atoms with Crippen molar-refractivity contribution in [2.24, 2.45) is 7.05 Å². The van der Waals surface area contributed by atoms with E-state index in [2.05, 4.69) is 41.9 Å². The number of aryl methyl sites for hydroxylation is 2. The number of nitro benzene ring substituents is 1.